The molecule has 74 valence electrons. The fourth-order valence-corrected chi connectivity index (χ4v) is 1.68. The molecule has 0 heterocycles. The van der Waals surface area contributed by atoms with Crippen molar-refractivity contribution in [1.82, 2.24) is 5.32 Å². The van der Waals surface area contributed by atoms with Gasteiger partial charge in [-0.15, -0.1) is 0 Å². The molecule has 1 fully saturated rings. The zero-order valence-corrected chi connectivity index (χ0v) is 8.00. The molecule has 13 heavy (non-hydrogen) atoms. The molecular weight excluding hydrogens is 170 g/mol. The van der Waals surface area contributed by atoms with Gasteiger partial charge in [-0.25, -0.2) is 4.79 Å². The first-order chi connectivity index (χ1) is 6.15. The summed E-state index contributed by atoms with van der Waals surface area (Å²) in [5.74, 6) is -0.964. The van der Waals surface area contributed by atoms with Crippen molar-refractivity contribution in [3.63, 3.8) is 0 Å². The molecule has 0 aromatic heterocycles. The van der Waals surface area contributed by atoms with Gasteiger partial charge in [0, 0.05) is 6.04 Å². The van der Waals surface area contributed by atoms with Crippen molar-refractivity contribution in [3.05, 3.63) is 0 Å². The van der Waals surface area contributed by atoms with E-state index in [-0.39, 0.29) is 6.04 Å². The molecule has 0 aliphatic heterocycles. The number of nitrogens with one attached hydrogen (secondary N) is 1. The third-order valence-electron chi connectivity index (χ3n) is 2.55. The smallest absolute Gasteiger partial charge is 0.396 e. The van der Waals surface area contributed by atoms with E-state index in [1.165, 1.54) is 7.11 Å². The van der Waals surface area contributed by atoms with Crippen LogP contribution in [0, 0.1) is 5.92 Å². The van der Waals surface area contributed by atoms with Crippen LogP contribution in [-0.2, 0) is 14.3 Å². The van der Waals surface area contributed by atoms with Gasteiger partial charge >= 0.3 is 11.9 Å². The van der Waals surface area contributed by atoms with E-state index in [1.54, 1.807) is 0 Å². The van der Waals surface area contributed by atoms with Gasteiger partial charge in [0.1, 0.15) is 0 Å². The summed E-state index contributed by atoms with van der Waals surface area (Å²) in [4.78, 5) is 21.9. The average Bonchev–Trinajstić information content (AvgIpc) is 2.50. The third-order valence-corrected chi connectivity index (χ3v) is 2.55. The van der Waals surface area contributed by atoms with Crippen LogP contribution in [0.1, 0.15) is 26.2 Å². The van der Waals surface area contributed by atoms with Gasteiger partial charge in [-0.05, 0) is 18.8 Å². The molecule has 0 spiro atoms. The molecule has 0 radical (unpaired) electrons. The van der Waals surface area contributed by atoms with E-state index in [4.69, 9.17) is 0 Å². The first kappa shape index (κ1) is 10.0. The monoisotopic (exact) mass is 185 g/mol. The van der Waals surface area contributed by atoms with Crippen LogP contribution < -0.4 is 5.32 Å². The lowest BCUT2D eigenvalue weighted by molar-refractivity contribution is -0.153. The number of carbonyl (C=O) groups is 2. The highest BCUT2D eigenvalue weighted by molar-refractivity contribution is 6.32. The second-order valence-electron chi connectivity index (χ2n) is 3.48. The number of esters is 1. The molecule has 0 aromatic carbocycles. The van der Waals surface area contributed by atoms with Crippen LogP contribution >= 0.6 is 0 Å². The number of hydrogen-bond donors (Lipinski definition) is 1. The Bertz CT molecular complexity index is 215. The maximum absolute atomic E-state index is 11.1. The van der Waals surface area contributed by atoms with Gasteiger partial charge in [-0.3, -0.25) is 4.79 Å². The molecule has 4 heteroatoms. The minimum Gasteiger partial charge on any atom is -0.462 e. The van der Waals surface area contributed by atoms with E-state index < -0.39 is 11.9 Å². The largest absolute Gasteiger partial charge is 0.462 e. The van der Waals surface area contributed by atoms with Crippen molar-refractivity contribution < 1.29 is 14.3 Å². The van der Waals surface area contributed by atoms with Crippen LogP contribution in [0.3, 0.4) is 0 Å². The molecule has 0 saturated heterocycles. The zero-order valence-electron chi connectivity index (χ0n) is 8.00. The van der Waals surface area contributed by atoms with Gasteiger partial charge in [-0.1, -0.05) is 13.3 Å². The summed E-state index contributed by atoms with van der Waals surface area (Å²) < 4.78 is 4.31. The number of amides is 1. The van der Waals surface area contributed by atoms with Crippen LogP contribution in [0.2, 0.25) is 0 Å². The fourth-order valence-electron chi connectivity index (χ4n) is 1.68. The minimum absolute atomic E-state index is 0.145. The molecule has 0 aromatic rings. The van der Waals surface area contributed by atoms with Gasteiger partial charge in [0.05, 0.1) is 7.11 Å². The first-order valence-electron chi connectivity index (χ1n) is 4.54. The number of ether oxygens (including phenoxy) is 1. The second kappa shape index (κ2) is 4.25. The Balaban J connectivity index is 2.39. The average molecular weight is 185 g/mol. The van der Waals surface area contributed by atoms with Crippen molar-refractivity contribution >= 4 is 11.9 Å². The highest BCUT2D eigenvalue weighted by Crippen LogP contribution is 2.24. The molecule has 0 bridgehead atoms. The molecule has 1 aliphatic rings. The molecule has 1 saturated carbocycles. The minimum atomic E-state index is -0.806. The highest BCUT2D eigenvalue weighted by Gasteiger charge is 2.27. The Morgan fingerprint density at radius 2 is 2.08 bits per heavy atom. The van der Waals surface area contributed by atoms with Crippen molar-refractivity contribution in [3.8, 4) is 0 Å². The molecule has 4 nitrogen and oxygen atoms in total. The van der Waals surface area contributed by atoms with Gasteiger partial charge < -0.3 is 10.1 Å². The summed E-state index contributed by atoms with van der Waals surface area (Å²) >= 11 is 0. The Morgan fingerprint density at radius 1 is 1.38 bits per heavy atom. The van der Waals surface area contributed by atoms with Gasteiger partial charge in [0.2, 0.25) is 0 Å². The standard InChI is InChI=1S/C9H15NO3/c1-6-4-3-5-7(6)10-8(11)9(12)13-2/h6-7H,3-5H2,1-2H3,(H,10,11). The van der Waals surface area contributed by atoms with Crippen LogP contribution in [0.25, 0.3) is 0 Å². The lowest BCUT2D eigenvalue weighted by Gasteiger charge is -2.15. The van der Waals surface area contributed by atoms with Gasteiger partial charge in [0.25, 0.3) is 0 Å². The quantitative estimate of drug-likeness (QED) is 0.477. The van der Waals surface area contributed by atoms with Crippen LogP contribution in [0.15, 0.2) is 0 Å². The Labute approximate surface area is 77.6 Å². The Morgan fingerprint density at radius 3 is 2.54 bits per heavy atom. The van der Waals surface area contributed by atoms with Gasteiger partial charge in [0.15, 0.2) is 0 Å². The summed E-state index contributed by atoms with van der Waals surface area (Å²) in [6.45, 7) is 2.08. The fraction of sp³-hybridized carbons (Fsp3) is 0.778. The van der Waals surface area contributed by atoms with E-state index in [9.17, 15) is 9.59 Å². The maximum atomic E-state index is 11.1. The lowest BCUT2D eigenvalue weighted by atomic mass is 10.1. The number of carbonyl (C=O) groups excluding carboxylic acids is 2. The molecule has 1 aliphatic carbocycles. The predicted molar refractivity (Wildman–Crippen MR) is 47.0 cm³/mol. The van der Waals surface area contributed by atoms with E-state index >= 15 is 0 Å². The molecule has 2 unspecified atom stereocenters. The maximum Gasteiger partial charge on any atom is 0.396 e. The van der Waals surface area contributed by atoms with Crippen LogP contribution in [0.5, 0.6) is 0 Å². The topological polar surface area (TPSA) is 55.4 Å². The predicted octanol–water partition coefficient (Wildman–Crippen LogP) is 0.464. The van der Waals surface area contributed by atoms with Crippen molar-refractivity contribution in [1.29, 1.82) is 0 Å². The Hall–Kier alpha value is -1.06. The van der Waals surface area contributed by atoms with E-state index in [2.05, 4.69) is 17.0 Å². The zero-order chi connectivity index (χ0) is 9.84. The molecule has 1 amide bonds. The summed E-state index contributed by atoms with van der Waals surface area (Å²) in [7, 11) is 1.21. The van der Waals surface area contributed by atoms with E-state index in [1.807, 2.05) is 0 Å². The van der Waals surface area contributed by atoms with Crippen LogP contribution in [-0.4, -0.2) is 25.0 Å². The summed E-state index contributed by atoms with van der Waals surface area (Å²) in [6.07, 6.45) is 3.20. The molecule has 1 rings (SSSR count). The number of rotatable bonds is 1. The number of methoxy groups -OCH3 is 1. The van der Waals surface area contributed by atoms with E-state index in [0.29, 0.717) is 5.92 Å². The van der Waals surface area contributed by atoms with Gasteiger partial charge in [-0.2, -0.15) is 0 Å². The van der Waals surface area contributed by atoms with Crippen molar-refractivity contribution in [2.75, 3.05) is 7.11 Å². The second-order valence-corrected chi connectivity index (χ2v) is 3.48. The highest BCUT2D eigenvalue weighted by atomic mass is 16.5. The molecular formula is C9H15NO3. The third kappa shape index (κ3) is 2.44. The van der Waals surface area contributed by atoms with Crippen molar-refractivity contribution in [2.45, 2.75) is 32.2 Å². The Kier molecular flexibility index (Phi) is 3.28. The van der Waals surface area contributed by atoms with Crippen molar-refractivity contribution in [2.24, 2.45) is 5.92 Å². The molecule has 1 N–H and O–H groups in total. The first-order valence-corrected chi connectivity index (χ1v) is 4.54. The summed E-state index contributed by atoms with van der Waals surface area (Å²) in [5.41, 5.74) is 0. The number of hydrogen-bond acceptors (Lipinski definition) is 3. The normalized spacial score (nSPS) is 26.9. The summed E-state index contributed by atoms with van der Waals surface area (Å²) in [5, 5.41) is 2.67. The molecule has 2 atom stereocenters. The SMILES string of the molecule is COC(=O)C(=O)NC1CCCC1C. The van der Waals surface area contributed by atoms with Crippen LogP contribution in [0.4, 0.5) is 0 Å². The van der Waals surface area contributed by atoms with E-state index in [0.717, 1.165) is 19.3 Å². The lowest BCUT2D eigenvalue weighted by Crippen LogP contribution is -2.41. The summed E-state index contributed by atoms with van der Waals surface area (Å²) in [6, 6.07) is 0.145.